The van der Waals surface area contributed by atoms with E-state index in [0.29, 0.717) is 39.5 Å². The highest BCUT2D eigenvalue weighted by molar-refractivity contribution is 6.17. The van der Waals surface area contributed by atoms with Gasteiger partial charge in [-0.05, 0) is 24.3 Å². The molecule has 0 atom stereocenters. The molecule has 0 fully saturated rings. The van der Waals surface area contributed by atoms with Crippen molar-refractivity contribution in [3.8, 4) is 0 Å². The summed E-state index contributed by atoms with van der Waals surface area (Å²) >= 11 is 0. The molecular weight excluding hydrogens is 341 g/mol. The zero-order valence-electron chi connectivity index (χ0n) is 13.4. The van der Waals surface area contributed by atoms with E-state index in [0.717, 1.165) is 0 Å². The van der Waals surface area contributed by atoms with Gasteiger partial charge in [0.15, 0.2) is 0 Å². The topological polar surface area (TPSA) is 48.0 Å². The van der Waals surface area contributed by atoms with Crippen LogP contribution >= 0.6 is 0 Å². The van der Waals surface area contributed by atoms with Gasteiger partial charge in [-0.2, -0.15) is 0 Å². The molecule has 0 unspecified atom stereocenters. The third-order valence-electron chi connectivity index (χ3n) is 4.40. The fourth-order valence-corrected chi connectivity index (χ4v) is 3.27. The van der Waals surface area contributed by atoms with Crippen LogP contribution in [-0.2, 0) is 6.54 Å². The lowest BCUT2D eigenvalue weighted by molar-refractivity contribution is 0.100. The number of nitrogens with zero attached hydrogens (tertiary/aromatic N) is 1. The molecule has 0 aliphatic heterocycles. The quantitative estimate of drug-likeness (QED) is 0.591. The third kappa shape index (κ3) is 2.42. The summed E-state index contributed by atoms with van der Waals surface area (Å²) in [5, 5.41) is 1.19. The largest absolute Gasteiger partial charge is 0.366 e. The first-order chi connectivity index (χ1) is 12.5. The molecular formula is C20H12F3N2O. The van der Waals surface area contributed by atoms with Crippen molar-refractivity contribution >= 4 is 27.7 Å². The smallest absolute Gasteiger partial charge is 0.249 e. The first-order valence-electron chi connectivity index (χ1n) is 7.82. The summed E-state index contributed by atoms with van der Waals surface area (Å²) in [7, 11) is 0. The highest BCUT2D eigenvalue weighted by atomic mass is 19.1. The number of hydrogen-bond donors (Lipinski definition) is 1. The first kappa shape index (κ1) is 16.2. The maximum atomic E-state index is 14.1. The van der Waals surface area contributed by atoms with E-state index in [-0.39, 0.29) is 12.1 Å². The van der Waals surface area contributed by atoms with Crippen molar-refractivity contribution in [3.05, 3.63) is 83.2 Å². The van der Waals surface area contributed by atoms with Gasteiger partial charge in [0.05, 0.1) is 17.6 Å². The molecule has 1 heterocycles. The second-order valence-corrected chi connectivity index (χ2v) is 5.93. The molecule has 0 spiro atoms. The average Bonchev–Trinajstić information content (AvgIpc) is 2.92. The summed E-state index contributed by atoms with van der Waals surface area (Å²) in [6.07, 6.45) is 0. The predicted octanol–water partition coefficient (Wildman–Crippen LogP) is 4.16. The van der Waals surface area contributed by atoms with Gasteiger partial charge in [0.1, 0.15) is 17.5 Å². The zero-order valence-corrected chi connectivity index (χ0v) is 13.4. The SMILES string of the molecule is NC(=O)c1cccc2c1c1[c]cccc1n2Cc1c(F)cc(F)cc1F. The maximum absolute atomic E-state index is 14.1. The Labute approximate surface area is 146 Å². The van der Waals surface area contributed by atoms with Crippen molar-refractivity contribution < 1.29 is 18.0 Å². The lowest BCUT2D eigenvalue weighted by Gasteiger charge is -2.10. The van der Waals surface area contributed by atoms with E-state index in [1.165, 1.54) is 0 Å². The van der Waals surface area contributed by atoms with E-state index < -0.39 is 23.4 Å². The van der Waals surface area contributed by atoms with Gasteiger partial charge in [0.2, 0.25) is 5.91 Å². The number of carbonyl (C=O) groups excluding carboxylic acids is 1. The van der Waals surface area contributed by atoms with Crippen LogP contribution < -0.4 is 5.73 Å². The maximum Gasteiger partial charge on any atom is 0.249 e. The molecule has 3 nitrogen and oxygen atoms in total. The van der Waals surface area contributed by atoms with E-state index in [2.05, 4.69) is 6.07 Å². The zero-order chi connectivity index (χ0) is 18.4. The summed E-state index contributed by atoms with van der Waals surface area (Å²) in [6, 6.07) is 14.5. The molecule has 3 aromatic carbocycles. The Morgan fingerprint density at radius 2 is 1.73 bits per heavy atom. The summed E-state index contributed by atoms with van der Waals surface area (Å²) in [5.74, 6) is -3.52. The van der Waals surface area contributed by atoms with E-state index in [9.17, 15) is 18.0 Å². The number of hydrogen-bond acceptors (Lipinski definition) is 1. The van der Waals surface area contributed by atoms with Crippen LogP contribution in [0.25, 0.3) is 21.8 Å². The van der Waals surface area contributed by atoms with Gasteiger partial charge >= 0.3 is 0 Å². The van der Waals surface area contributed by atoms with Crippen LogP contribution in [0.15, 0.2) is 48.5 Å². The van der Waals surface area contributed by atoms with Crippen molar-refractivity contribution in [1.29, 1.82) is 0 Å². The number of amides is 1. The van der Waals surface area contributed by atoms with Crippen LogP contribution in [0.3, 0.4) is 0 Å². The van der Waals surface area contributed by atoms with E-state index in [1.54, 1.807) is 41.0 Å². The van der Waals surface area contributed by atoms with Crippen molar-refractivity contribution in [2.45, 2.75) is 6.54 Å². The second-order valence-electron chi connectivity index (χ2n) is 5.93. The molecule has 1 radical (unpaired) electrons. The van der Waals surface area contributed by atoms with Gasteiger partial charge in [0, 0.05) is 34.0 Å². The third-order valence-corrected chi connectivity index (χ3v) is 4.40. The highest BCUT2D eigenvalue weighted by Gasteiger charge is 2.19. The standard InChI is InChI=1S/C20H12F3N2O/c21-11-8-15(22)14(16(23)9-11)10-25-17-6-2-1-4-12(17)19-13(20(24)26)5-3-7-18(19)25/h1-3,5-9H,10H2,(H2,24,26). The van der Waals surface area contributed by atoms with Crippen molar-refractivity contribution in [2.24, 2.45) is 5.73 Å². The molecule has 129 valence electrons. The van der Waals surface area contributed by atoms with Gasteiger partial charge in [-0.1, -0.05) is 18.2 Å². The molecule has 26 heavy (non-hydrogen) atoms. The number of primary amides is 1. The molecule has 1 amide bonds. The number of halogens is 3. The number of rotatable bonds is 3. The van der Waals surface area contributed by atoms with Crippen molar-refractivity contribution in [2.75, 3.05) is 0 Å². The van der Waals surface area contributed by atoms with Crippen LogP contribution in [0.4, 0.5) is 13.2 Å². The molecule has 4 aromatic rings. The minimum absolute atomic E-state index is 0.169. The number of carbonyl (C=O) groups is 1. The molecule has 6 heteroatoms. The summed E-state index contributed by atoms with van der Waals surface area (Å²) in [4.78, 5) is 11.8. The van der Waals surface area contributed by atoms with E-state index in [1.807, 2.05) is 0 Å². The summed E-state index contributed by atoms with van der Waals surface area (Å²) in [5.41, 5.74) is 6.73. The Morgan fingerprint density at radius 1 is 1.04 bits per heavy atom. The van der Waals surface area contributed by atoms with Gasteiger partial charge < -0.3 is 10.3 Å². The molecule has 0 saturated carbocycles. The minimum atomic E-state index is -0.977. The van der Waals surface area contributed by atoms with Crippen LogP contribution in [0.1, 0.15) is 15.9 Å². The molecule has 0 aliphatic carbocycles. The van der Waals surface area contributed by atoms with Gasteiger partial charge in [0.25, 0.3) is 0 Å². The molecule has 0 saturated heterocycles. The molecule has 2 N–H and O–H groups in total. The Hall–Kier alpha value is -3.28. The van der Waals surface area contributed by atoms with Crippen LogP contribution in [0.2, 0.25) is 0 Å². The average molecular weight is 353 g/mol. The highest BCUT2D eigenvalue weighted by Crippen LogP contribution is 2.32. The fraction of sp³-hybridized carbons (Fsp3) is 0.0500. The molecule has 4 rings (SSSR count). The Balaban J connectivity index is 2.04. The molecule has 1 aromatic heterocycles. The van der Waals surface area contributed by atoms with Crippen LogP contribution in [0.5, 0.6) is 0 Å². The Bertz CT molecular complexity index is 1160. The number of aromatic nitrogens is 1. The fourth-order valence-electron chi connectivity index (χ4n) is 3.27. The minimum Gasteiger partial charge on any atom is -0.366 e. The van der Waals surface area contributed by atoms with Crippen molar-refractivity contribution in [3.63, 3.8) is 0 Å². The lowest BCUT2D eigenvalue weighted by Crippen LogP contribution is -2.11. The van der Waals surface area contributed by atoms with Gasteiger partial charge in [-0.25, -0.2) is 13.2 Å². The van der Waals surface area contributed by atoms with Crippen LogP contribution in [0, 0.1) is 23.5 Å². The monoisotopic (exact) mass is 353 g/mol. The molecule has 0 bridgehead atoms. The molecule has 0 aliphatic rings. The number of nitrogens with two attached hydrogens (primary N) is 1. The second kappa shape index (κ2) is 5.91. The van der Waals surface area contributed by atoms with Crippen molar-refractivity contribution in [1.82, 2.24) is 4.57 Å². The normalized spacial score (nSPS) is 11.3. The van der Waals surface area contributed by atoms with E-state index >= 15 is 0 Å². The summed E-state index contributed by atoms with van der Waals surface area (Å²) in [6.45, 7) is -0.169. The Morgan fingerprint density at radius 3 is 2.42 bits per heavy atom. The van der Waals surface area contributed by atoms with Gasteiger partial charge in [-0.15, -0.1) is 0 Å². The number of benzene rings is 3. The summed E-state index contributed by atoms with van der Waals surface area (Å²) < 4.78 is 43.1. The lowest BCUT2D eigenvalue weighted by atomic mass is 10.1. The predicted molar refractivity (Wildman–Crippen MR) is 92.2 cm³/mol. The van der Waals surface area contributed by atoms with Gasteiger partial charge in [-0.3, -0.25) is 4.79 Å². The Kier molecular flexibility index (Phi) is 3.68. The van der Waals surface area contributed by atoms with E-state index in [4.69, 9.17) is 5.73 Å². The van der Waals surface area contributed by atoms with Crippen LogP contribution in [-0.4, -0.2) is 10.5 Å². The first-order valence-corrected chi connectivity index (χ1v) is 7.82. The number of fused-ring (bicyclic) bond motifs is 3.